The van der Waals surface area contributed by atoms with Gasteiger partial charge >= 0.3 is 5.97 Å². The number of hydrogen-bond acceptors (Lipinski definition) is 2. The largest absolute Gasteiger partial charge is 0.481 e. The van der Waals surface area contributed by atoms with Gasteiger partial charge < -0.3 is 10.2 Å². The van der Waals surface area contributed by atoms with Gasteiger partial charge in [0.05, 0.1) is 12.0 Å². The Labute approximate surface area is 143 Å². The van der Waals surface area contributed by atoms with Crippen molar-refractivity contribution in [2.45, 2.75) is 37.7 Å². The normalized spacial score (nSPS) is 13.2. The number of carboxylic acids is 1. The van der Waals surface area contributed by atoms with Crippen molar-refractivity contribution in [3.8, 4) is 11.1 Å². The quantitative estimate of drug-likeness (QED) is 0.661. The highest BCUT2D eigenvalue weighted by molar-refractivity contribution is 5.76. The van der Waals surface area contributed by atoms with Crippen LogP contribution in [0.1, 0.15) is 37.2 Å². The average Bonchev–Trinajstić information content (AvgIpc) is 2.60. The first-order chi connectivity index (χ1) is 11.6. The summed E-state index contributed by atoms with van der Waals surface area (Å²) in [6.07, 6.45) is 3.58. The summed E-state index contributed by atoms with van der Waals surface area (Å²) in [4.78, 5) is 11.6. The number of carboxylic acid groups (broad SMARTS) is 1. The SMILES string of the molecule is C=CCC(O)CCCC(C(=O)O)c1ccc(-c2ccccc2)cc1. The van der Waals surface area contributed by atoms with E-state index in [4.69, 9.17) is 0 Å². The summed E-state index contributed by atoms with van der Waals surface area (Å²) in [6.45, 7) is 3.60. The molecule has 2 N–H and O–H groups in total. The molecule has 24 heavy (non-hydrogen) atoms. The molecule has 3 nitrogen and oxygen atoms in total. The molecule has 0 bridgehead atoms. The summed E-state index contributed by atoms with van der Waals surface area (Å²) in [6, 6.07) is 17.7. The van der Waals surface area contributed by atoms with E-state index in [1.807, 2.05) is 54.6 Å². The fourth-order valence-corrected chi connectivity index (χ4v) is 2.84. The first-order valence-corrected chi connectivity index (χ1v) is 8.29. The molecule has 3 heteroatoms. The lowest BCUT2D eigenvalue weighted by atomic mass is 9.91. The Bertz CT molecular complexity index is 647. The molecule has 2 atom stereocenters. The van der Waals surface area contributed by atoms with E-state index in [1.54, 1.807) is 6.08 Å². The Kier molecular flexibility index (Phi) is 6.76. The predicted molar refractivity (Wildman–Crippen MR) is 96.9 cm³/mol. The van der Waals surface area contributed by atoms with Crippen molar-refractivity contribution in [3.05, 3.63) is 72.8 Å². The predicted octanol–water partition coefficient (Wildman–Crippen LogP) is 4.63. The maximum absolute atomic E-state index is 11.6. The van der Waals surface area contributed by atoms with E-state index in [0.717, 1.165) is 16.7 Å². The molecular formula is C21H24O3. The van der Waals surface area contributed by atoms with E-state index < -0.39 is 18.0 Å². The molecule has 2 unspecified atom stereocenters. The van der Waals surface area contributed by atoms with Crippen molar-refractivity contribution >= 4 is 5.97 Å². The zero-order valence-corrected chi connectivity index (χ0v) is 13.8. The van der Waals surface area contributed by atoms with Gasteiger partial charge in [-0.2, -0.15) is 0 Å². The number of aliphatic carboxylic acids is 1. The number of benzene rings is 2. The maximum Gasteiger partial charge on any atom is 0.310 e. The van der Waals surface area contributed by atoms with Gasteiger partial charge in [-0.25, -0.2) is 0 Å². The highest BCUT2D eigenvalue weighted by Gasteiger charge is 2.19. The fourth-order valence-electron chi connectivity index (χ4n) is 2.84. The topological polar surface area (TPSA) is 57.5 Å². The van der Waals surface area contributed by atoms with Crippen LogP contribution in [-0.4, -0.2) is 22.3 Å². The molecule has 126 valence electrons. The Morgan fingerprint density at radius 1 is 1.00 bits per heavy atom. The Morgan fingerprint density at radius 2 is 1.62 bits per heavy atom. The van der Waals surface area contributed by atoms with Crippen LogP contribution in [0.2, 0.25) is 0 Å². The molecule has 0 aliphatic heterocycles. The van der Waals surface area contributed by atoms with Crippen LogP contribution in [0.4, 0.5) is 0 Å². The van der Waals surface area contributed by atoms with Gasteiger partial charge in [0.15, 0.2) is 0 Å². The van der Waals surface area contributed by atoms with Gasteiger partial charge in [0, 0.05) is 0 Å². The monoisotopic (exact) mass is 324 g/mol. The van der Waals surface area contributed by atoms with Crippen molar-refractivity contribution in [2.24, 2.45) is 0 Å². The molecule has 0 spiro atoms. The molecular weight excluding hydrogens is 300 g/mol. The van der Waals surface area contributed by atoms with Crippen LogP contribution in [0.15, 0.2) is 67.3 Å². The first-order valence-electron chi connectivity index (χ1n) is 8.29. The highest BCUT2D eigenvalue weighted by atomic mass is 16.4. The Balaban J connectivity index is 2.03. The third-order valence-corrected chi connectivity index (χ3v) is 4.19. The van der Waals surface area contributed by atoms with Gasteiger partial charge in [-0.15, -0.1) is 6.58 Å². The van der Waals surface area contributed by atoms with Crippen molar-refractivity contribution < 1.29 is 15.0 Å². The minimum atomic E-state index is -0.819. The van der Waals surface area contributed by atoms with E-state index in [9.17, 15) is 15.0 Å². The van der Waals surface area contributed by atoms with Crippen molar-refractivity contribution in [2.75, 3.05) is 0 Å². The minimum absolute atomic E-state index is 0.433. The summed E-state index contributed by atoms with van der Waals surface area (Å²) in [5.74, 6) is -1.36. The summed E-state index contributed by atoms with van der Waals surface area (Å²) in [7, 11) is 0. The zero-order chi connectivity index (χ0) is 17.4. The zero-order valence-electron chi connectivity index (χ0n) is 13.8. The Morgan fingerprint density at radius 3 is 2.21 bits per heavy atom. The van der Waals surface area contributed by atoms with Crippen LogP contribution in [0.3, 0.4) is 0 Å². The Hall–Kier alpha value is -2.39. The van der Waals surface area contributed by atoms with E-state index in [1.165, 1.54) is 0 Å². The van der Waals surface area contributed by atoms with Crippen molar-refractivity contribution in [1.29, 1.82) is 0 Å². The third kappa shape index (κ3) is 5.07. The molecule has 0 amide bonds. The lowest BCUT2D eigenvalue weighted by Crippen LogP contribution is -2.13. The van der Waals surface area contributed by atoms with Crippen molar-refractivity contribution in [3.63, 3.8) is 0 Å². The highest BCUT2D eigenvalue weighted by Crippen LogP contribution is 2.26. The second kappa shape index (κ2) is 9.04. The summed E-state index contributed by atoms with van der Waals surface area (Å²) >= 11 is 0. The van der Waals surface area contributed by atoms with Crippen LogP contribution in [0.25, 0.3) is 11.1 Å². The molecule has 0 saturated heterocycles. The first kappa shape index (κ1) is 18.0. The second-order valence-electron chi connectivity index (χ2n) is 5.99. The van der Waals surface area contributed by atoms with Crippen molar-refractivity contribution in [1.82, 2.24) is 0 Å². The van der Waals surface area contributed by atoms with Gasteiger partial charge in [0.2, 0.25) is 0 Å². The second-order valence-corrected chi connectivity index (χ2v) is 5.99. The van der Waals surface area contributed by atoms with Crippen LogP contribution in [0, 0.1) is 0 Å². The molecule has 2 aromatic rings. The lowest BCUT2D eigenvalue weighted by Gasteiger charge is -2.15. The summed E-state index contributed by atoms with van der Waals surface area (Å²) < 4.78 is 0. The standard InChI is InChI=1S/C21H24O3/c1-2-7-19(22)10-6-11-20(21(23)24)18-14-12-17(13-15-18)16-8-4-3-5-9-16/h2-5,8-9,12-15,19-20,22H,1,6-7,10-11H2,(H,23,24). The van der Waals surface area contributed by atoms with Gasteiger partial charge in [-0.3, -0.25) is 4.79 Å². The molecule has 0 radical (unpaired) electrons. The fraction of sp³-hybridized carbons (Fsp3) is 0.286. The molecule has 0 heterocycles. The lowest BCUT2D eigenvalue weighted by molar-refractivity contribution is -0.139. The van der Waals surface area contributed by atoms with Crippen LogP contribution in [-0.2, 0) is 4.79 Å². The van der Waals surface area contributed by atoms with E-state index in [2.05, 4.69) is 6.58 Å². The number of hydrogen-bond donors (Lipinski definition) is 2. The van der Waals surface area contributed by atoms with Crippen LogP contribution < -0.4 is 0 Å². The number of aliphatic hydroxyl groups excluding tert-OH is 1. The molecule has 2 aromatic carbocycles. The van der Waals surface area contributed by atoms with Gasteiger partial charge in [0.1, 0.15) is 0 Å². The number of rotatable bonds is 9. The molecule has 0 aliphatic carbocycles. The van der Waals surface area contributed by atoms with Gasteiger partial charge in [-0.1, -0.05) is 60.7 Å². The minimum Gasteiger partial charge on any atom is -0.481 e. The van der Waals surface area contributed by atoms with Crippen LogP contribution >= 0.6 is 0 Å². The molecule has 0 aromatic heterocycles. The summed E-state index contributed by atoms with van der Waals surface area (Å²) in [5, 5.41) is 19.2. The molecule has 0 aliphatic rings. The van der Waals surface area contributed by atoms with Crippen LogP contribution in [0.5, 0.6) is 0 Å². The third-order valence-electron chi connectivity index (χ3n) is 4.19. The van der Waals surface area contributed by atoms with Gasteiger partial charge in [0.25, 0.3) is 0 Å². The van der Waals surface area contributed by atoms with Gasteiger partial charge in [-0.05, 0) is 42.4 Å². The molecule has 0 fully saturated rings. The van der Waals surface area contributed by atoms with E-state index in [0.29, 0.717) is 25.7 Å². The number of carbonyl (C=O) groups is 1. The molecule has 2 rings (SSSR count). The maximum atomic E-state index is 11.6. The van der Waals surface area contributed by atoms with E-state index in [-0.39, 0.29) is 0 Å². The van der Waals surface area contributed by atoms with E-state index >= 15 is 0 Å². The number of aliphatic hydroxyl groups is 1. The average molecular weight is 324 g/mol. The molecule has 0 saturated carbocycles. The summed E-state index contributed by atoms with van der Waals surface area (Å²) in [5.41, 5.74) is 2.99. The smallest absolute Gasteiger partial charge is 0.310 e.